The van der Waals surface area contributed by atoms with Crippen LogP contribution in [0.4, 0.5) is 5.82 Å². The van der Waals surface area contributed by atoms with E-state index in [4.69, 9.17) is 0 Å². The second-order valence-electron chi connectivity index (χ2n) is 4.52. The second kappa shape index (κ2) is 5.14. The largest absolute Gasteiger partial charge is 0.369 e. The van der Waals surface area contributed by atoms with Crippen molar-refractivity contribution in [1.82, 2.24) is 19.9 Å². The molecule has 0 aromatic carbocycles. The SMILES string of the molecule is Cc1cc2c(NCCCN(C)C)ncnc2[nH]1. The van der Waals surface area contributed by atoms with Crippen LogP contribution in [0.15, 0.2) is 12.4 Å². The van der Waals surface area contributed by atoms with Gasteiger partial charge in [0.1, 0.15) is 17.8 Å². The van der Waals surface area contributed by atoms with Crippen molar-refractivity contribution < 1.29 is 0 Å². The smallest absolute Gasteiger partial charge is 0.143 e. The first-order valence-corrected chi connectivity index (χ1v) is 5.86. The number of hydrogen-bond acceptors (Lipinski definition) is 4. The Labute approximate surface area is 101 Å². The summed E-state index contributed by atoms with van der Waals surface area (Å²) in [5, 5.41) is 4.42. The fourth-order valence-corrected chi connectivity index (χ4v) is 1.81. The number of anilines is 1. The number of rotatable bonds is 5. The van der Waals surface area contributed by atoms with Gasteiger partial charge in [0.05, 0.1) is 5.39 Å². The highest BCUT2D eigenvalue weighted by atomic mass is 15.1. The topological polar surface area (TPSA) is 56.8 Å². The summed E-state index contributed by atoms with van der Waals surface area (Å²) in [6.07, 6.45) is 2.69. The summed E-state index contributed by atoms with van der Waals surface area (Å²) in [5.41, 5.74) is 2.00. The number of nitrogens with one attached hydrogen (secondary N) is 2. The Kier molecular flexibility index (Phi) is 3.58. The van der Waals surface area contributed by atoms with E-state index >= 15 is 0 Å². The van der Waals surface area contributed by atoms with Crippen LogP contribution in [-0.4, -0.2) is 47.0 Å². The van der Waals surface area contributed by atoms with Crippen molar-refractivity contribution in [3.8, 4) is 0 Å². The second-order valence-corrected chi connectivity index (χ2v) is 4.52. The molecule has 0 unspecified atom stereocenters. The third-order valence-electron chi connectivity index (χ3n) is 2.63. The van der Waals surface area contributed by atoms with Gasteiger partial charge in [0.2, 0.25) is 0 Å². The zero-order valence-electron chi connectivity index (χ0n) is 10.6. The van der Waals surface area contributed by atoms with Crippen molar-refractivity contribution in [2.24, 2.45) is 0 Å². The molecule has 0 fully saturated rings. The molecule has 0 amide bonds. The van der Waals surface area contributed by atoms with E-state index in [2.05, 4.69) is 45.3 Å². The van der Waals surface area contributed by atoms with Crippen molar-refractivity contribution in [2.75, 3.05) is 32.5 Å². The van der Waals surface area contributed by atoms with E-state index in [0.29, 0.717) is 0 Å². The molecule has 2 aromatic rings. The standard InChI is InChI=1S/C12H19N5/c1-9-7-10-11(13-5-4-6-17(2)3)14-8-15-12(10)16-9/h7-8H,4-6H2,1-3H3,(H2,13,14,15,16). The summed E-state index contributed by atoms with van der Waals surface area (Å²) in [7, 11) is 4.16. The molecule has 92 valence electrons. The molecule has 0 saturated heterocycles. The lowest BCUT2D eigenvalue weighted by Crippen LogP contribution is -2.16. The molecule has 5 heteroatoms. The minimum atomic E-state index is 0.896. The first-order valence-electron chi connectivity index (χ1n) is 5.86. The summed E-state index contributed by atoms with van der Waals surface area (Å²) in [4.78, 5) is 13.9. The van der Waals surface area contributed by atoms with Gasteiger partial charge in [0.25, 0.3) is 0 Å². The Hall–Kier alpha value is -1.62. The lowest BCUT2D eigenvalue weighted by Gasteiger charge is -2.10. The third kappa shape index (κ3) is 2.94. The molecular formula is C12H19N5. The van der Waals surface area contributed by atoms with Gasteiger partial charge in [-0.1, -0.05) is 0 Å². The number of fused-ring (bicyclic) bond motifs is 1. The first kappa shape index (κ1) is 11.9. The van der Waals surface area contributed by atoms with E-state index in [0.717, 1.165) is 42.1 Å². The van der Waals surface area contributed by atoms with Gasteiger partial charge >= 0.3 is 0 Å². The zero-order chi connectivity index (χ0) is 12.3. The lowest BCUT2D eigenvalue weighted by atomic mass is 10.3. The van der Waals surface area contributed by atoms with Gasteiger partial charge in [-0.05, 0) is 40.1 Å². The number of H-pyrrole nitrogens is 1. The fraction of sp³-hybridized carbons (Fsp3) is 0.500. The van der Waals surface area contributed by atoms with E-state index in [1.165, 1.54) is 0 Å². The molecule has 0 aliphatic heterocycles. The molecule has 5 nitrogen and oxygen atoms in total. The minimum Gasteiger partial charge on any atom is -0.369 e. The molecule has 0 radical (unpaired) electrons. The predicted molar refractivity (Wildman–Crippen MR) is 70.3 cm³/mol. The highest BCUT2D eigenvalue weighted by Crippen LogP contribution is 2.19. The van der Waals surface area contributed by atoms with Gasteiger partial charge in [-0.2, -0.15) is 0 Å². The Morgan fingerprint density at radius 2 is 2.18 bits per heavy atom. The summed E-state index contributed by atoms with van der Waals surface area (Å²) in [6, 6.07) is 2.07. The molecule has 2 N–H and O–H groups in total. The highest BCUT2D eigenvalue weighted by Gasteiger charge is 2.05. The van der Waals surface area contributed by atoms with E-state index in [-0.39, 0.29) is 0 Å². The van der Waals surface area contributed by atoms with Crippen LogP contribution in [0.3, 0.4) is 0 Å². The van der Waals surface area contributed by atoms with Gasteiger partial charge in [-0.25, -0.2) is 9.97 Å². The van der Waals surface area contributed by atoms with Crippen molar-refractivity contribution in [3.05, 3.63) is 18.1 Å². The van der Waals surface area contributed by atoms with Crippen molar-refractivity contribution in [2.45, 2.75) is 13.3 Å². The van der Waals surface area contributed by atoms with E-state index < -0.39 is 0 Å². The van der Waals surface area contributed by atoms with Crippen LogP contribution in [-0.2, 0) is 0 Å². The molecule has 0 aliphatic carbocycles. The zero-order valence-corrected chi connectivity index (χ0v) is 10.6. The van der Waals surface area contributed by atoms with Crippen LogP contribution < -0.4 is 5.32 Å². The van der Waals surface area contributed by atoms with Crippen LogP contribution in [0.2, 0.25) is 0 Å². The van der Waals surface area contributed by atoms with Gasteiger partial charge < -0.3 is 15.2 Å². The molecule has 2 heterocycles. The van der Waals surface area contributed by atoms with Gasteiger partial charge in [0, 0.05) is 12.2 Å². The maximum Gasteiger partial charge on any atom is 0.143 e. The molecule has 2 rings (SSSR count). The normalized spacial score (nSPS) is 11.3. The summed E-state index contributed by atoms with van der Waals surface area (Å²) >= 11 is 0. The number of hydrogen-bond donors (Lipinski definition) is 2. The number of aryl methyl sites for hydroxylation is 1. The van der Waals surface area contributed by atoms with Crippen LogP contribution in [0.1, 0.15) is 12.1 Å². The predicted octanol–water partition coefficient (Wildman–Crippen LogP) is 1.63. The third-order valence-corrected chi connectivity index (χ3v) is 2.63. The van der Waals surface area contributed by atoms with Crippen LogP contribution in [0.25, 0.3) is 11.0 Å². The molecule has 2 aromatic heterocycles. The Balaban J connectivity index is 2.03. The lowest BCUT2D eigenvalue weighted by molar-refractivity contribution is 0.405. The Morgan fingerprint density at radius 3 is 2.94 bits per heavy atom. The number of nitrogens with zero attached hydrogens (tertiary/aromatic N) is 3. The van der Waals surface area contributed by atoms with Crippen LogP contribution >= 0.6 is 0 Å². The van der Waals surface area contributed by atoms with E-state index in [1.807, 2.05) is 6.92 Å². The van der Waals surface area contributed by atoms with Gasteiger partial charge in [-0.3, -0.25) is 0 Å². The van der Waals surface area contributed by atoms with E-state index in [9.17, 15) is 0 Å². The number of aromatic nitrogens is 3. The van der Waals surface area contributed by atoms with Gasteiger partial charge in [0.15, 0.2) is 0 Å². The van der Waals surface area contributed by atoms with Gasteiger partial charge in [-0.15, -0.1) is 0 Å². The number of aromatic amines is 1. The van der Waals surface area contributed by atoms with Crippen LogP contribution in [0.5, 0.6) is 0 Å². The monoisotopic (exact) mass is 233 g/mol. The highest BCUT2D eigenvalue weighted by molar-refractivity contribution is 5.87. The Morgan fingerprint density at radius 1 is 1.35 bits per heavy atom. The van der Waals surface area contributed by atoms with E-state index in [1.54, 1.807) is 6.33 Å². The molecule has 0 bridgehead atoms. The van der Waals surface area contributed by atoms with Crippen molar-refractivity contribution in [3.63, 3.8) is 0 Å². The molecule has 0 atom stereocenters. The molecule has 0 saturated carbocycles. The molecule has 0 spiro atoms. The van der Waals surface area contributed by atoms with Crippen molar-refractivity contribution >= 4 is 16.9 Å². The molecule has 0 aliphatic rings. The summed E-state index contributed by atoms with van der Waals surface area (Å²) in [5.74, 6) is 0.915. The minimum absolute atomic E-state index is 0.896. The molecule has 17 heavy (non-hydrogen) atoms. The quantitative estimate of drug-likeness (QED) is 0.771. The van der Waals surface area contributed by atoms with Crippen molar-refractivity contribution in [1.29, 1.82) is 0 Å². The molecular weight excluding hydrogens is 214 g/mol. The first-order chi connectivity index (χ1) is 8.16. The van der Waals surface area contributed by atoms with Crippen LogP contribution in [0, 0.1) is 6.92 Å². The Bertz CT molecular complexity index is 489. The average Bonchev–Trinajstić information content (AvgIpc) is 2.65. The summed E-state index contributed by atoms with van der Waals surface area (Å²) < 4.78 is 0. The summed E-state index contributed by atoms with van der Waals surface area (Å²) in [6.45, 7) is 4.03. The fourth-order valence-electron chi connectivity index (χ4n) is 1.81. The maximum atomic E-state index is 4.28. The average molecular weight is 233 g/mol. The maximum absolute atomic E-state index is 4.28.